The van der Waals surface area contributed by atoms with E-state index in [0.717, 1.165) is 45.9 Å². The minimum atomic E-state index is -3.88. The van der Waals surface area contributed by atoms with Crippen molar-refractivity contribution in [3.63, 3.8) is 0 Å². The standard InChI is InChI=1S/2C36H29ClF6N8O4S.2CH4/c2*1-15-5-4-6-19-28(15)45-34(51(35(19)53)24-8-7-22(37)27-30(24)49(2)47-33(27)48-56(3,54)55)23(11-16-9-17(38)12-18(39)10-16)44-25(52)14-50-31-26(29(46-50)32(40)41)20-13-21(20)36(31,42)43;;/h2*4-10,12,20-21,23,32H,11,13-14H2,1-3H3,(H,44,52)(H,47,48);2*1H4/t20-,21+,23?;20-,21+,23-;;/m00../s1. The van der Waals surface area contributed by atoms with Crippen LogP contribution in [0.15, 0.2) is 107 Å². The first-order chi connectivity index (χ1) is 52.7. The van der Waals surface area contributed by atoms with Crippen LogP contribution in [0.3, 0.4) is 0 Å². The van der Waals surface area contributed by atoms with E-state index in [-0.39, 0.29) is 138 Å². The van der Waals surface area contributed by atoms with Gasteiger partial charge in [0.1, 0.15) is 70.8 Å². The fourth-order valence-corrected chi connectivity index (χ4v) is 17.0. The number of aryl methyl sites for hydroxylation is 4. The summed E-state index contributed by atoms with van der Waals surface area (Å²) in [6.07, 6.45) is -5.39. The number of carbonyl (C=O) groups is 2. The molecule has 2 saturated carbocycles. The summed E-state index contributed by atoms with van der Waals surface area (Å²) in [6, 6.07) is 17.5. The second-order valence-electron chi connectivity index (χ2n) is 28.0. The van der Waals surface area contributed by atoms with Crippen LogP contribution in [0.4, 0.5) is 64.3 Å². The molecule has 4 aliphatic carbocycles. The third kappa shape index (κ3) is 14.4. The molecular weight excluding hydrogens is 1600 g/mol. The number of sulfonamides is 2. The highest BCUT2D eigenvalue weighted by Gasteiger charge is 2.68. The number of amides is 2. The molecule has 600 valence electrons. The molecule has 40 heteroatoms. The van der Waals surface area contributed by atoms with Crippen LogP contribution in [0.25, 0.3) is 55.0 Å². The number of alkyl halides is 8. The first-order valence-corrected chi connectivity index (χ1v) is 38.6. The molecule has 2 amide bonds. The van der Waals surface area contributed by atoms with Crippen LogP contribution in [0.1, 0.15) is 132 Å². The molecule has 6 atom stereocenters. The monoisotopic (exact) mass is 1670 g/mol. The fourth-order valence-electron chi connectivity index (χ4n) is 15.5. The van der Waals surface area contributed by atoms with Crippen molar-refractivity contribution in [2.24, 2.45) is 25.9 Å². The predicted octanol–water partition coefficient (Wildman–Crippen LogP) is 13.9. The van der Waals surface area contributed by atoms with Gasteiger partial charge in [-0.05, 0) is 121 Å². The van der Waals surface area contributed by atoms with Gasteiger partial charge < -0.3 is 10.6 Å². The van der Waals surface area contributed by atoms with E-state index in [1.54, 1.807) is 38.1 Å². The summed E-state index contributed by atoms with van der Waals surface area (Å²) in [7, 11) is -4.83. The summed E-state index contributed by atoms with van der Waals surface area (Å²) in [4.78, 5) is 66.8. The molecule has 0 bridgehead atoms. The van der Waals surface area contributed by atoms with Gasteiger partial charge in [0.25, 0.3) is 35.8 Å². The highest BCUT2D eigenvalue weighted by molar-refractivity contribution is 7.92. The molecule has 0 radical (unpaired) electrons. The largest absolute Gasteiger partial charge is 0.344 e. The molecule has 0 spiro atoms. The van der Waals surface area contributed by atoms with Crippen LogP contribution in [0.5, 0.6) is 0 Å². The number of anilines is 2. The first-order valence-electron chi connectivity index (χ1n) is 34.0. The Morgan fingerprint density at radius 3 is 1.23 bits per heavy atom. The normalized spacial score (nSPS) is 17.4. The summed E-state index contributed by atoms with van der Waals surface area (Å²) in [5.74, 6) is -17.7. The lowest BCUT2D eigenvalue weighted by molar-refractivity contribution is -0.123. The highest BCUT2D eigenvalue weighted by atomic mass is 35.5. The molecule has 0 saturated heterocycles. The quantitative estimate of drug-likeness (QED) is 0.0516. The zero-order valence-electron chi connectivity index (χ0n) is 58.8. The van der Waals surface area contributed by atoms with Crippen molar-refractivity contribution in [3.05, 3.63) is 219 Å². The Labute approximate surface area is 649 Å². The van der Waals surface area contributed by atoms with Gasteiger partial charge in [0.05, 0.1) is 89.6 Å². The maximum absolute atomic E-state index is 15.4. The van der Waals surface area contributed by atoms with Crippen molar-refractivity contribution in [2.45, 2.75) is 116 Å². The minimum Gasteiger partial charge on any atom is -0.344 e. The average molecular weight is 1670 g/mol. The first kappa shape index (κ1) is 81.2. The van der Waals surface area contributed by atoms with Crippen molar-refractivity contribution in [3.8, 4) is 11.4 Å². The van der Waals surface area contributed by atoms with E-state index in [4.69, 9.17) is 33.2 Å². The molecule has 6 aromatic carbocycles. The number of hydrogen-bond acceptors (Lipinski definition) is 14. The smallest absolute Gasteiger partial charge is 0.293 e. The second-order valence-corrected chi connectivity index (χ2v) is 32.3. The van der Waals surface area contributed by atoms with E-state index < -0.39 is 175 Å². The SMILES string of the molecule is C.C.Cc1cccc2c(=O)n(-c3ccc(Cl)c4c(NS(C)(=O)=O)nn(C)c34)c(C(Cc3cc(F)cc(F)c3)NC(=O)Cn3nc(C(F)F)c4c3C(F)(F)[C@@H]3C[C@H]43)nc12.Cc1cccc2c(=O)n(-c3ccc(Cl)c4c(NS(C)(=O)=O)nn(C)c34)c([C@H](Cc3cc(F)cc(F)c3)NC(=O)Cn3nc(C(F)F)c4c3C(F)(F)[C@@H]3C[C@H]43)nc12. The summed E-state index contributed by atoms with van der Waals surface area (Å²) in [5, 5.41) is 21.8. The number of nitrogens with zero attached hydrogens (tertiary/aromatic N) is 12. The number of aromatic nitrogens is 12. The summed E-state index contributed by atoms with van der Waals surface area (Å²) in [6.45, 7) is 1.43. The molecule has 4 N–H and O–H groups in total. The Morgan fingerprint density at radius 2 is 0.895 bits per heavy atom. The van der Waals surface area contributed by atoms with Crippen molar-refractivity contribution in [1.29, 1.82) is 0 Å². The molecule has 4 aliphatic rings. The fraction of sp³-hybridized carbons (Fsp3) is 0.324. The van der Waals surface area contributed by atoms with Gasteiger partial charge in [-0.2, -0.15) is 38.0 Å². The number of para-hydroxylation sites is 2. The van der Waals surface area contributed by atoms with Crippen LogP contribution in [0, 0.1) is 49.0 Å². The van der Waals surface area contributed by atoms with Crippen molar-refractivity contribution < 1.29 is 79.1 Å². The molecule has 16 rings (SSSR count). The number of carbonyl (C=O) groups excluding carboxylic acids is 2. The van der Waals surface area contributed by atoms with E-state index in [9.17, 15) is 71.1 Å². The molecule has 6 aromatic heterocycles. The Morgan fingerprint density at radius 1 is 0.544 bits per heavy atom. The zero-order chi connectivity index (χ0) is 80.3. The lowest BCUT2D eigenvalue weighted by Gasteiger charge is -2.24. The van der Waals surface area contributed by atoms with E-state index in [2.05, 4.69) is 40.5 Å². The third-order valence-corrected chi connectivity index (χ3v) is 21.8. The maximum atomic E-state index is 15.4. The minimum absolute atomic E-state index is 0. The molecule has 2 fully saturated rings. The Kier molecular flexibility index (Phi) is 20.8. The number of rotatable bonds is 20. The van der Waals surface area contributed by atoms with Gasteiger partial charge in [-0.15, -0.1) is 0 Å². The second kappa shape index (κ2) is 29.2. The van der Waals surface area contributed by atoms with E-state index in [1.165, 1.54) is 59.9 Å². The van der Waals surface area contributed by atoms with Gasteiger partial charge in [-0.1, -0.05) is 62.3 Å². The topological polar surface area (TPSA) is 292 Å². The Hall–Kier alpha value is -10.9. The average Bonchev–Trinajstić information content (AvgIpc) is 1.52. The van der Waals surface area contributed by atoms with E-state index in [0.29, 0.717) is 32.6 Å². The lowest BCUT2D eigenvalue weighted by atomic mass is 10.0. The number of hydrogen-bond donors (Lipinski definition) is 4. The van der Waals surface area contributed by atoms with Gasteiger partial charge in [0.15, 0.2) is 11.6 Å². The summed E-state index contributed by atoms with van der Waals surface area (Å²) < 4.78 is 235. The highest BCUT2D eigenvalue weighted by Crippen LogP contribution is 2.69. The molecule has 114 heavy (non-hydrogen) atoms. The Bertz CT molecular complexity index is 5990. The molecular formula is C74H66Cl2F12N16O8S2. The van der Waals surface area contributed by atoms with Crippen molar-refractivity contribution >= 4 is 110 Å². The number of halogens is 14. The maximum Gasteiger partial charge on any atom is 0.293 e. The van der Waals surface area contributed by atoms with E-state index in [1.807, 2.05) is 0 Å². The van der Waals surface area contributed by atoms with Crippen LogP contribution < -0.4 is 31.2 Å². The van der Waals surface area contributed by atoms with Gasteiger partial charge in [0.2, 0.25) is 31.9 Å². The lowest BCUT2D eigenvalue weighted by Crippen LogP contribution is -2.38. The van der Waals surface area contributed by atoms with Gasteiger partial charge in [0, 0.05) is 62.0 Å². The predicted molar refractivity (Wildman–Crippen MR) is 399 cm³/mol. The molecule has 0 aliphatic heterocycles. The van der Waals surface area contributed by atoms with Crippen molar-refractivity contribution in [1.82, 2.24) is 68.9 Å². The van der Waals surface area contributed by atoms with Gasteiger partial charge in [-0.3, -0.25) is 56.5 Å². The van der Waals surface area contributed by atoms with Crippen molar-refractivity contribution in [2.75, 3.05) is 22.0 Å². The molecule has 12 aromatic rings. The Balaban J connectivity index is 0.000000196. The number of fused-ring (bicyclic) bond motifs is 10. The van der Waals surface area contributed by atoms with E-state index >= 15 is 17.6 Å². The van der Waals surface area contributed by atoms with Crippen LogP contribution in [0.2, 0.25) is 10.0 Å². The van der Waals surface area contributed by atoms with Crippen LogP contribution in [-0.4, -0.2) is 99.4 Å². The van der Waals surface area contributed by atoms with Crippen LogP contribution >= 0.6 is 23.2 Å². The number of nitrogens with one attached hydrogen (secondary N) is 4. The summed E-state index contributed by atoms with van der Waals surface area (Å²) in [5.41, 5.74) is -3.36. The van der Waals surface area contributed by atoms with Gasteiger partial charge in [-0.25, -0.2) is 61.9 Å². The zero-order valence-corrected chi connectivity index (χ0v) is 62.0. The van der Waals surface area contributed by atoms with Crippen LogP contribution in [-0.2, 0) is 81.5 Å². The summed E-state index contributed by atoms with van der Waals surface area (Å²) >= 11 is 13.1. The third-order valence-electron chi connectivity index (χ3n) is 20.1. The molecule has 6 heterocycles. The molecule has 24 nitrogen and oxygen atoms in total. The molecule has 1 unspecified atom stereocenters. The van der Waals surface area contributed by atoms with Gasteiger partial charge >= 0.3 is 0 Å². The number of benzene rings is 6.